The second-order valence-corrected chi connectivity index (χ2v) is 11.6. The lowest BCUT2D eigenvalue weighted by atomic mass is 9.80. The van der Waals surface area contributed by atoms with Crippen LogP contribution in [0, 0.1) is 11.3 Å². The summed E-state index contributed by atoms with van der Waals surface area (Å²) in [7, 11) is 0. The van der Waals surface area contributed by atoms with Gasteiger partial charge in [0.15, 0.2) is 0 Å². The van der Waals surface area contributed by atoms with Crippen LogP contribution in [-0.4, -0.2) is 0 Å². The number of hydrogen-bond donors (Lipinski definition) is 0. The standard InChI is InChI=1S/C30H62/c1-6-8-10-12-14-16-18-20-22-24-26-29(28-30(3,4)5)27-25-23-21-19-17-15-13-11-9-7-2/h29H,6-28H2,1-5H3. The third kappa shape index (κ3) is 24.3. The SMILES string of the molecule is CCCCCCCCCCCCC(CCCCCCCCCCCC)CC(C)(C)C. The van der Waals surface area contributed by atoms with E-state index in [-0.39, 0.29) is 0 Å². The lowest BCUT2D eigenvalue weighted by Gasteiger charge is -2.26. The minimum Gasteiger partial charge on any atom is -0.0654 e. The molecule has 0 radical (unpaired) electrons. The predicted molar refractivity (Wildman–Crippen MR) is 140 cm³/mol. The fourth-order valence-electron chi connectivity index (χ4n) is 5.06. The molecular formula is C30H62. The summed E-state index contributed by atoms with van der Waals surface area (Å²) in [5, 5.41) is 0. The molecule has 0 aliphatic carbocycles. The van der Waals surface area contributed by atoms with Gasteiger partial charge in [-0.15, -0.1) is 0 Å². The fourth-order valence-corrected chi connectivity index (χ4v) is 5.06. The molecule has 0 aromatic heterocycles. The lowest BCUT2D eigenvalue weighted by Crippen LogP contribution is -2.13. The van der Waals surface area contributed by atoms with E-state index in [0.29, 0.717) is 5.41 Å². The fraction of sp³-hybridized carbons (Fsp3) is 1.00. The van der Waals surface area contributed by atoms with Gasteiger partial charge in [-0.2, -0.15) is 0 Å². The maximum absolute atomic E-state index is 2.44. The molecule has 0 aromatic rings. The molecule has 0 bridgehead atoms. The van der Waals surface area contributed by atoms with Crippen LogP contribution < -0.4 is 0 Å². The zero-order valence-electron chi connectivity index (χ0n) is 22.3. The maximum Gasteiger partial charge on any atom is -0.0380 e. The van der Waals surface area contributed by atoms with E-state index in [1.54, 1.807) is 0 Å². The molecule has 0 amide bonds. The highest BCUT2D eigenvalue weighted by Gasteiger charge is 2.18. The zero-order chi connectivity index (χ0) is 22.3. The Morgan fingerprint density at radius 2 is 0.667 bits per heavy atom. The first-order valence-corrected chi connectivity index (χ1v) is 14.5. The third-order valence-electron chi connectivity index (χ3n) is 6.83. The molecule has 182 valence electrons. The van der Waals surface area contributed by atoms with Crippen molar-refractivity contribution in [2.24, 2.45) is 11.3 Å². The molecule has 0 unspecified atom stereocenters. The summed E-state index contributed by atoms with van der Waals surface area (Å²) in [6.45, 7) is 11.9. The molecule has 0 saturated heterocycles. The number of rotatable bonds is 23. The Morgan fingerprint density at radius 1 is 0.400 bits per heavy atom. The Bertz CT molecular complexity index is 286. The van der Waals surface area contributed by atoms with E-state index in [1.165, 1.54) is 148 Å². The summed E-state index contributed by atoms with van der Waals surface area (Å²) < 4.78 is 0. The van der Waals surface area contributed by atoms with E-state index < -0.39 is 0 Å². The van der Waals surface area contributed by atoms with Gasteiger partial charge in [-0.1, -0.05) is 176 Å². The van der Waals surface area contributed by atoms with Gasteiger partial charge in [-0.3, -0.25) is 0 Å². The topological polar surface area (TPSA) is 0 Å². The van der Waals surface area contributed by atoms with Crippen molar-refractivity contribution in [1.82, 2.24) is 0 Å². The molecule has 0 heterocycles. The molecule has 0 aliphatic heterocycles. The molecule has 0 N–H and O–H groups in total. The first-order valence-electron chi connectivity index (χ1n) is 14.5. The minimum absolute atomic E-state index is 0.502. The van der Waals surface area contributed by atoms with Crippen molar-refractivity contribution in [3.8, 4) is 0 Å². The normalized spacial score (nSPS) is 12.2. The molecule has 0 aromatic carbocycles. The number of hydrogen-bond acceptors (Lipinski definition) is 0. The highest BCUT2D eigenvalue weighted by molar-refractivity contribution is 4.70. The first kappa shape index (κ1) is 30.0. The average molecular weight is 423 g/mol. The summed E-state index contributed by atoms with van der Waals surface area (Å²) in [6, 6.07) is 0. The Labute approximate surface area is 193 Å². The van der Waals surface area contributed by atoms with E-state index >= 15 is 0 Å². The lowest BCUT2D eigenvalue weighted by molar-refractivity contribution is 0.259. The predicted octanol–water partition coefficient (Wildman–Crippen LogP) is 11.7. The number of unbranched alkanes of at least 4 members (excludes halogenated alkanes) is 18. The zero-order valence-corrected chi connectivity index (χ0v) is 22.3. The molecule has 0 rings (SSSR count). The molecule has 0 aliphatic rings. The van der Waals surface area contributed by atoms with Crippen molar-refractivity contribution in [1.29, 1.82) is 0 Å². The molecule has 0 atom stereocenters. The smallest absolute Gasteiger partial charge is 0.0380 e. The second kappa shape index (κ2) is 22.2. The Morgan fingerprint density at radius 3 is 0.933 bits per heavy atom. The van der Waals surface area contributed by atoms with Crippen LogP contribution in [0.5, 0.6) is 0 Å². The Kier molecular flexibility index (Phi) is 22.2. The van der Waals surface area contributed by atoms with Crippen LogP contribution in [0.2, 0.25) is 0 Å². The van der Waals surface area contributed by atoms with Gasteiger partial charge in [0.25, 0.3) is 0 Å². The van der Waals surface area contributed by atoms with Gasteiger partial charge < -0.3 is 0 Å². The van der Waals surface area contributed by atoms with Crippen LogP contribution in [0.4, 0.5) is 0 Å². The molecule has 0 spiro atoms. The summed E-state index contributed by atoms with van der Waals surface area (Å²) in [5.74, 6) is 0.980. The molecule has 0 heteroatoms. The van der Waals surface area contributed by atoms with Crippen LogP contribution >= 0.6 is 0 Å². The van der Waals surface area contributed by atoms with Gasteiger partial charge in [0.1, 0.15) is 0 Å². The second-order valence-electron chi connectivity index (χ2n) is 11.6. The van der Waals surface area contributed by atoms with Crippen LogP contribution in [-0.2, 0) is 0 Å². The average Bonchev–Trinajstić information content (AvgIpc) is 2.69. The van der Waals surface area contributed by atoms with Crippen molar-refractivity contribution in [2.45, 2.75) is 182 Å². The third-order valence-corrected chi connectivity index (χ3v) is 6.83. The van der Waals surface area contributed by atoms with Gasteiger partial charge >= 0.3 is 0 Å². The van der Waals surface area contributed by atoms with Crippen LogP contribution in [0.15, 0.2) is 0 Å². The van der Waals surface area contributed by atoms with Gasteiger partial charge in [0.05, 0.1) is 0 Å². The molecule has 0 nitrogen and oxygen atoms in total. The summed E-state index contributed by atoms with van der Waals surface area (Å²) >= 11 is 0. The van der Waals surface area contributed by atoms with Crippen molar-refractivity contribution >= 4 is 0 Å². The van der Waals surface area contributed by atoms with Crippen molar-refractivity contribution in [3.05, 3.63) is 0 Å². The summed E-state index contributed by atoms with van der Waals surface area (Å²) in [5.41, 5.74) is 0.502. The van der Waals surface area contributed by atoms with E-state index in [2.05, 4.69) is 34.6 Å². The van der Waals surface area contributed by atoms with Crippen molar-refractivity contribution in [2.75, 3.05) is 0 Å². The van der Waals surface area contributed by atoms with Crippen molar-refractivity contribution < 1.29 is 0 Å². The van der Waals surface area contributed by atoms with E-state index in [1.807, 2.05) is 0 Å². The van der Waals surface area contributed by atoms with Gasteiger partial charge in [0, 0.05) is 0 Å². The van der Waals surface area contributed by atoms with Crippen LogP contribution in [0.3, 0.4) is 0 Å². The molecule has 30 heavy (non-hydrogen) atoms. The monoisotopic (exact) mass is 422 g/mol. The largest absolute Gasteiger partial charge is 0.0654 e. The molecule has 0 saturated carbocycles. The minimum atomic E-state index is 0.502. The highest BCUT2D eigenvalue weighted by Crippen LogP contribution is 2.31. The van der Waals surface area contributed by atoms with Crippen LogP contribution in [0.25, 0.3) is 0 Å². The first-order chi connectivity index (χ1) is 14.5. The van der Waals surface area contributed by atoms with Gasteiger partial charge in [-0.25, -0.2) is 0 Å². The molecule has 0 fully saturated rings. The van der Waals surface area contributed by atoms with Crippen molar-refractivity contribution in [3.63, 3.8) is 0 Å². The Hall–Kier alpha value is 0. The van der Waals surface area contributed by atoms with E-state index in [9.17, 15) is 0 Å². The van der Waals surface area contributed by atoms with E-state index in [0.717, 1.165) is 5.92 Å². The Balaban J connectivity index is 3.69. The highest BCUT2D eigenvalue weighted by atomic mass is 14.2. The van der Waals surface area contributed by atoms with Gasteiger partial charge in [-0.05, 0) is 17.8 Å². The maximum atomic E-state index is 2.44. The molecular weight excluding hydrogens is 360 g/mol. The summed E-state index contributed by atoms with van der Waals surface area (Å²) in [6.07, 6.45) is 33.7. The van der Waals surface area contributed by atoms with E-state index in [4.69, 9.17) is 0 Å². The van der Waals surface area contributed by atoms with Crippen LogP contribution in [0.1, 0.15) is 182 Å². The summed E-state index contributed by atoms with van der Waals surface area (Å²) in [4.78, 5) is 0. The quantitative estimate of drug-likeness (QED) is 0.144. The van der Waals surface area contributed by atoms with Gasteiger partial charge in [0.2, 0.25) is 0 Å².